The zero-order chi connectivity index (χ0) is 20.8. The number of methoxy groups -OCH3 is 1. The van der Waals surface area contributed by atoms with Crippen molar-refractivity contribution in [2.45, 2.75) is 13.0 Å². The van der Waals surface area contributed by atoms with Crippen molar-refractivity contribution in [1.29, 1.82) is 0 Å². The number of carbonyl (C=O) groups is 1. The van der Waals surface area contributed by atoms with Crippen LogP contribution < -0.4 is 10.1 Å². The second kappa shape index (κ2) is 9.49. The van der Waals surface area contributed by atoms with E-state index in [-0.39, 0.29) is 17.6 Å². The van der Waals surface area contributed by atoms with Crippen molar-refractivity contribution in [3.8, 4) is 5.75 Å². The van der Waals surface area contributed by atoms with Gasteiger partial charge in [-0.05, 0) is 30.7 Å². The van der Waals surface area contributed by atoms with Gasteiger partial charge < -0.3 is 14.8 Å². The van der Waals surface area contributed by atoms with E-state index < -0.39 is 4.92 Å². The summed E-state index contributed by atoms with van der Waals surface area (Å²) >= 11 is 0. The number of nitrogens with one attached hydrogen (secondary N) is 1. The Hall–Kier alpha value is -2.97. The van der Waals surface area contributed by atoms with Crippen LogP contribution in [0.25, 0.3) is 0 Å². The maximum atomic E-state index is 12.8. The number of hydrogen-bond acceptors (Lipinski definition) is 6. The minimum absolute atomic E-state index is 0.0584. The van der Waals surface area contributed by atoms with E-state index in [2.05, 4.69) is 10.2 Å². The SMILES string of the molecule is COc1cccc([C@H](CNC(=O)c2cccc([N+](=O)[O-])c2C)N2CCOCC2)c1. The molecule has 0 aromatic heterocycles. The van der Waals surface area contributed by atoms with E-state index in [1.165, 1.54) is 12.1 Å². The maximum Gasteiger partial charge on any atom is 0.273 e. The molecule has 0 saturated carbocycles. The molecule has 1 aliphatic heterocycles. The average Bonchev–Trinajstić information content (AvgIpc) is 2.74. The Labute approximate surface area is 169 Å². The van der Waals surface area contributed by atoms with Gasteiger partial charge in [-0.3, -0.25) is 19.8 Å². The van der Waals surface area contributed by atoms with Crippen LogP contribution in [0.1, 0.15) is 27.5 Å². The standard InChI is InChI=1S/C21H25N3O5/c1-15-18(7-4-8-19(15)24(26)27)21(25)22-14-20(23-9-11-29-12-10-23)16-5-3-6-17(13-16)28-2/h3-8,13,20H,9-12,14H2,1-2H3,(H,22,25)/t20-/m0/s1. The molecule has 2 aromatic carbocycles. The van der Waals surface area contributed by atoms with Gasteiger partial charge in [0.15, 0.2) is 0 Å². The smallest absolute Gasteiger partial charge is 0.273 e. The van der Waals surface area contributed by atoms with Crippen molar-refractivity contribution in [3.05, 3.63) is 69.3 Å². The molecule has 29 heavy (non-hydrogen) atoms. The number of nitro benzene ring substituents is 1. The second-order valence-corrected chi connectivity index (χ2v) is 6.86. The van der Waals surface area contributed by atoms with Crippen LogP contribution in [-0.4, -0.2) is 55.7 Å². The molecule has 1 atom stereocenters. The first-order chi connectivity index (χ1) is 14.0. The fourth-order valence-electron chi connectivity index (χ4n) is 3.55. The van der Waals surface area contributed by atoms with Gasteiger partial charge in [-0.25, -0.2) is 0 Å². The highest BCUT2D eigenvalue weighted by Crippen LogP contribution is 2.25. The first-order valence-electron chi connectivity index (χ1n) is 9.49. The van der Waals surface area contributed by atoms with E-state index in [1.807, 2.05) is 24.3 Å². The maximum absolute atomic E-state index is 12.8. The molecular weight excluding hydrogens is 374 g/mol. The Morgan fingerprint density at radius 2 is 2.00 bits per heavy atom. The summed E-state index contributed by atoms with van der Waals surface area (Å²) in [4.78, 5) is 25.7. The zero-order valence-electron chi connectivity index (χ0n) is 16.6. The number of carbonyl (C=O) groups excluding carboxylic acids is 1. The summed E-state index contributed by atoms with van der Waals surface area (Å²) in [6, 6.07) is 12.3. The summed E-state index contributed by atoms with van der Waals surface area (Å²) < 4.78 is 10.8. The Balaban J connectivity index is 1.80. The van der Waals surface area contributed by atoms with Crippen LogP contribution in [-0.2, 0) is 4.74 Å². The lowest BCUT2D eigenvalue weighted by Gasteiger charge is -2.35. The van der Waals surface area contributed by atoms with Gasteiger partial charge in [0, 0.05) is 36.8 Å². The average molecular weight is 399 g/mol. The zero-order valence-corrected chi connectivity index (χ0v) is 16.6. The minimum atomic E-state index is -0.473. The molecule has 8 heteroatoms. The van der Waals surface area contributed by atoms with Gasteiger partial charge in [0.25, 0.3) is 11.6 Å². The van der Waals surface area contributed by atoms with Gasteiger partial charge in [0.05, 0.1) is 31.3 Å². The van der Waals surface area contributed by atoms with E-state index in [1.54, 1.807) is 20.1 Å². The second-order valence-electron chi connectivity index (χ2n) is 6.86. The Morgan fingerprint density at radius 3 is 2.69 bits per heavy atom. The van der Waals surface area contributed by atoms with E-state index in [9.17, 15) is 14.9 Å². The molecule has 3 rings (SSSR count). The molecule has 0 bridgehead atoms. The topological polar surface area (TPSA) is 93.9 Å². The van der Waals surface area contributed by atoms with Crippen molar-refractivity contribution in [2.24, 2.45) is 0 Å². The molecule has 8 nitrogen and oxygen atoms in total. The monoisotopic (exact) mass is 399 g/mol. The Bertz CT molecular complexity index is 880. The van der Waals surface area contributed by atoms with Crippen molar-refractivity contribution in [1.82, 2.24) is 10.2 Å². The van der Waals surface area contributed by atoms with Crippen LogP contribution in [0.4, 0.5) is 5.69 Å². The molecular formula is C21H25N3O5. The van der Waals surface area contributed by atoms with Crippen LogP contribution in [0.3, 0.4) is 0 Å². The molecule has 0 aliphatic carbocycles. The molecule has 1 amide bonds. The van der Waals surface area contributed by atoms with Crippen molar-refractivity contribution >= 4 is 11.6 Å². The lowest BCUT2D eigenvalue weighted by molar-refractivity contribution is -0.385. The van der Waals surface area contributed by atoms with Gasteiger partial charge in [-0.1, -0.05) is 18.2 Å². The van der Waals surface area contributed by atoms with Crippen molar-refractivity contribution < 1.29 is 19.2 Å². The van der Waals surface area contributed by atoms with E-state index >= 15 is 0 Å². The third kappa shape index (κ3) is 4.90. The summed E-state index contributed by atoms with van der Waals surface area (Å²) in [7, 11) is 1.62. The van der Waals surface area contributed by atoms with Crippen molar-refractivity contribution in [2.75, 3.05) is 40.0 Å². The highest BCUT2D eigenvalue weighted by Gasteiger charge is 2.25. The number of nitro groups is 1. The summed E-state index contributed by atoms with van der Waals surface area (Å²) in [6.45, 7) is 4.75. The predicted molar refractivity (Wildman–Crippen MR) is 108 cm³/mol. The molecule has 1 aliphatic rings. The molecule has 0 unspecified atom stereocenters. The summed E-state index contributed by atoms with van der Waals surface area (Å²) in [5.74, 6) is 0.425. The third-order valence-electron chi connectivity index (χ3n) is 5.17. The lowest BCUT2D eigenvalue weighted by atomic mass is 10.0. The van der Waals surface area contributed by atoms with Gasteiger partial charge in [-0.15, -0.1) is 0 Å². The summed E-state index contributed by atoms with van der Waals surface area (Å²) in [6.07, 6.45) is 0. The highest BCUT2D eigenvalue weighted by molar-refractivity contribution is 5.96. The van der Waals surface area contributed by atoms with E-state index in [0.29, 0.717) is 30.9 Å². The molecule has 2 aromatic rings. The molecule has 0 radical (unpaired) electrons. The molecule has 1 fully saturated rings. The highest BCUT2D eigenvalue weighted by atomic mass is 16.6. The summed E-state index contributed by atoms with van der Waals surface area (Å²) in [5.41, 5.74) is 1.64. The van der Waals surface area contributed by atoms with Crippen molar-refractivity contribution in [3.63, 3.8) is 0 Å². The van der Waals surface area contributed by atoms with Gasteiger partial charge in [-0.2, -0.15) is 0 Å². The van der Waals surface area contributed by atoms with Crippen LogP contribution in [0.2, 0.25) is 0 Å². The predicted octanol–water partition coefficient (Wildman–Crippen LogP) is 2.72. The minimum Gasteiger partial charge on any atom is -0.497 e. The number of hydrogen-bond donors (Lipinski definition) is 1. The van der Waals surface area contributed by atoms with Crippen LogP contribution in [0.5, 0.6) is 5.75 Å². The van der Waals surface area contributed by atoms with Crippen LogP contribution in [0.15, 0.2) is 42.5 Å². The fraction of sp³-hybridized carbons (Fsp3) is 0.381. The van der Waals surface area contributed by atoms with Crippen LogP contribution >= 0.6 is 0 Å². The quantitative estimate of drug-likeness (QED) is 0.568. The van der Waals surface area contributed by atoms with Gasteiger partial charge in [0.1, 0.15) is 5.75 Å². The number of nitrogens with zero attached hydrogens (tertiary/aromatic N) is 2. The molecule has 1 saturated heterocycles. The largest absolute Gasteiger partial charge is 0.497 e. The first-order valence-corrected chi connectivity index (χ1v) is 9.49. The number of rotatable bonds is 7. The normalized spacial score (nSPS) is 15.5. The summed E-state index contributed by atoms with van der Waals surface area (Å²) in [5, 5.41) is 14.1. The van der Waals surface area contributed by atoms with Gasteiger partial charge in [0.2, 0.25) is 0 Å². The van der Waals surface area contributed by atoms with Crippen LogP contribution in [0, 0.1) is 17.0 Å². The molecule has 0 spiro atoms. The fourth-order valence-corrected chi connectivity index (χ4v) is 3.55. The molecule has 154 valence electrons. The molecule has 1 N–H and O–H groups in total. The Morgan fingerprint density at radius 1 is 1.28 bits per heavy atom. The number of amides is 1. The lowest BCUT2D eigenvalue weighted by Crippen LogP contribution is -2.43. The third-order valence-corrected chi connectivity index (χ3v) is 5.17. The number of benzene rings is 2. The van der Waals surface area contributed by atoms with Gasteiger partial charge >= 0.3 is 0 Å². The first kappa shape index (κ1) is 20.8. The Kier molecular flexibility index (Phi) is 6.79. The van der Waals surface area contributed by atoms with E-state index in [0.717, 1.165) is 24.4 Å². The number of morpholine rings is 1. The molecule has 1 heterocycles. The van der Waals surface area contributed by atoms with E-state index in [4.69, 9.17) is 9.47 Å². The number of ether oxygens (including phenoxy) is 2.